The zero-order valence-electron chi connectivity index (χ0n) is 29.2. The summed E-state index contributed by atoms with van der Waals surface area (Å²) in [5.74, 6) is 0.557. The van der Waals surface area contributed by atoms with Crippen molar-refractivity contribution in [2.75, 3.05) is 26.4 Å². The Labute approximate surface area is 300 Å². The molecule has 51 heavy (non-hydrogen) atoms. The van der Waals surface area contributed by atoms with Crippen LogP contribution in [-0.2, 0) is 37.3 Å². The molecular weight excluding hydrogens is 636 g/mol. The van der Waals surface area contributed by atoms with Gasteiger partial charge in [0, 0.05) is 27.7 Å². The predicted octanol–water partition coefficient (Wildman–Crippen LogP) is 9.10. The Balaban J connectivity index is 1.40. The molecular formula is C45H42O6. The van der Waals surface area contributed by atoms with Crippen LogP contribution in [0.2, 0.25) is 0 Å². The van der Waals surface area contributed by atoms with Crippen LogP contribution in [-0.4, -0.2) is 38.4 Å². The van der Waals surface area contributed by atoms with Crippen molar-refractivity contribution in [3.05, 3.63) is 168 Å². The van der Waals surface area contributed by atoms with Crippen LogP contribution in [0.5, 0.6) is 11.5 Å². The van der Waals surface area contributed by atoms with Gasteiger partial charge in [-0.25, -0.2) is 9.59 Å². The highest BCUT2D eigenvalue weighted by Crippen LogP contribution is 2.48. The average Bonchev–Trinajstić information content (AvgIpc) is 3.56. The number of hydrogen-bond donors (Lipinski definition) is 0. The number of fused-ring (bicyclic) bond motifs is 1. The lowest BCUT2D eigenvalue weighted by molar-refractivity contribution is -0.140. The Hall–Kier alpha value is -5.88. The molecule has 0 amide bonds. The van der Waals surface area contributed by atoms with Crippen LogP contribution in [0.15, 0.2) is 146 Å². The summed E-state index contributed by atoms with van der Waals surface area (Å²) >= 11 is 0. The molecule has 0 bridgehead atoms. The SMILES string of the molecule is C=C(C)C(=O)OCCOc1ccc(C2(c3ccc(OCCOC(=O)C(=C)C)c(-c4ccccc4)c3)Cc3ccccc3C2)cc1-c1ccccc1. The van der Waals surface area contributed by atoms with E-state index in [0.29, 0.717) is 22.6 Å². The van der Waals surface area contributed by atoms with E-state index in [4.69, 9.17) is 18.9 Å². The lowest BCUT2D eigenvalue weighted by Crippen LogP contribution is -2.29. The summed E-state index contributed by atoms with van der Waals surface area (Å²) in [6.07, 6.45) is 1.64. The highest BCUT2D eigenvalue weighted by Gasteiger charge is 2.41. The van der Waals surface area contributed by atoms with Crippen LogP contribution in [0.1, 0.15) is 36.1 Å². The number of hydrogen-bond acceptors (Lipinski definition) is 6. The molecule has 258 valence electrons. The molecule has 0 unspecified atom stereocenters. The largest absolute Gasteiger partial charge is 0.489 e. The van der Waals surface area contributed by atoms with Gasteiger partial charge in [-0.05, 0) is 84.3 Å². The quantitative estimate of drug-likeness (QED) is 0.0663. The first kappa shape index (κ1) is 35.0. The van der Waals surface area contributed by atoms with Crippen molar-refractivity contribution >= 4 is 11.9 Å². The zero-order valence-corrected chi connectivity index (χ0v) is 29.2. The number of carbonyl (C=O) groups excluding carboxylic acids is 2. The van der Waals surface area contributed by atoms with Gasteiger partial charge in [0.05, 0.1) is 0 Å². The fourth-order valence-electron chi connectivity index (χ4n) is 6.60. The molecule has 0 aliphatic heterocycles. The number of carbonyl (C=O) groups is 2. The van der Waals surface area contributed by atoms with E-state index in [1.807, 2.05) is 48.5 Å². The summed E-state index contributed by atoms with van der Waals surface area (Å²) in [7, 11) is 0. The van der Waals surface area contributed by atoms with E-state index in [1.165, 1.54) is 11.1 Å². The van der Waals surface area contributed by atoms with Gasteiger partial charge in [-0.3, -0.25) is 0 Å². The van der Waals surface area contributed by atoms with Crippen molar-refractivity contribution in [3.8, 4) is 33.8 Å². The van der Waals surface area contributed by atoms with Gasteiger partial charge in [0.25, 0.3) is 0 Å². The van der Waals surface area contributed by atoms with Gasteiger partial charge < -0.3 is 18.9 Å². The molecule has 0 fully saturated rings. The summed E-state index contributed by atoms with van der Waals surface area (Å²) in [6.45, 7) is 11.2. The van der Waals surface area contributed by atoms with E-state index in [-0.39, 0.29) is 31.8 Å². The molecule has 5 aromatic carbocycles. The summed E-state index contributed by atoms with van der Waals surface area (Å²) < 4.78 is 23.1. The monoisotopic (exact) mass is 678 g/mol. The van der Waals surface area contributed by atoms with Crippen LogP contribution in [0.25, 0.3) is 22.3 Å². The third kappa shape index (κ3) is 7.97. The third-order valence-corrected chi connectivity index (χ3v) is 9.18. The maximum atomic E-state index is 11.9. The van der Waals surface area contributed by atoms with E-state index < -0.39 is 11.9 Å². The molecule has 0 heterocycles. The summed E-state index contributed by atoms with van der Waals surface area (Å²) in [6, 6.07) is 41.9. The Kier molecular flexibility index (Phi) is 10.8. The minimum atomic E-state index is -0.433. The topological polar surface area (TPSA) is 71.1 Å². The number of benzene rings is 5. The normalized spacial score (nSPS) is 12.7. The van der Waals surface area contributed by atoms with Gasteiger partial charge in [-0.2, -0.15) is 0 Å². The lowest BCUT2D eigenvalue weighted by atomic mass is 9.71. The Morgan fingerprint density at radius 2 is 0.941 bits per heavy atom. The highest BCUT2D eigenvalue weighted by molar-refractivity contribution is 5.87. The van der Waals surface area contributed by atoms with Crippen molar-refractivity contribution in [1.29, 1.82) is 0 Å². The van der Waals surface area contributed by atoms with E-state index in [2.05, 4.69) is 86.0 Å². The average molecular weight is 679 g/mol. The molecule has 6 heteroatoms. The standard InChI is InChI=1S/C45H42O6/c1-31(2)43(46)50-25-23-48-41-21-19-37(27-39(41)33-13-7-5-8-14-33)45(29-35-17-11-12-18-36(35)30-45)38-20-22-42(49-24-26-51-44(47)32(3)4)40(28-38)34-15-9-6-10-16-34/h5-22,27-28H,1,3,23-26,29-30H2,2,4H3. The fourth-order valence-corrected chi connectivity index (χ4v) is 6.60. The zero-order chi connectivity index (χ0) is 35.8. The number of rotatable bonds is 14. The second-order valence-corrected chi connectivity index (χ2v) is 12.9. The van der Waals surface area contributed by atoms with Crippen LogP contribution in [0, 0.1) is 0 Å². The van der Waals surface area contributed by atoms with E-state index in [1.54, 1.807) is 13.8 Å². The van der Waals surface area contributed by atoms with Crippen molar-refractivity contribution in [2.45, 2.75) is 32.1 Å². The molecule has 0 saturated heterocycles. The van der Waals surface area contributed by atoms with Crippen molar-refractivity contribution in [2.24, 2.45) is 0 Å². The molecule has 1 aliphatic rings. The second kappa shape index (κ2) is 15.8. The first-order valence-electron chi connectivity index (χ1n) is 17.1. The van der Waals surface area contributed by atoms with E-state index >= 15 is 0 Å². The molecule has 0 radical (unpaired) electrons. The summed E-state index contributed by atoms with van der Waals surface area (Å²) in [4.78, 5) is 23.9. The molecule has 1 aliphatic carbocycles. The molecule has 6 rings (SSSR count). The molecule has 0 saturated carbocycles. The second-order valence-electron chi connectivity index (χ2n) is 12.9. The van der Waals surface area contributed by atoms with Crippen LogP contribution in [0.3, 0.4) is 0 Å². The van der Waals surface area contributed by atoms with Gasteiger partial charge in [0.1, 0.15) is 37.9 Å². The van der Waals surface area contributed by atoms with Gasteiger partial charge in [0.2, 0.25) is 0 Å². The minimum Gasteiger partial charge on any atom is -0.489 e. The van der Waals surface area contributed by atoms with Gasteiger partial charge in [-0.15, -0.1) is 0 Å². The highest BCUT2D eigenvalue weighted by atomic mass is 16.6. The molecule has 0 aromatic heterocycles. The smallest absolute Gasteiger partial charge is 0.333 e. The van der Waals surface area contributed by atoms with Gasteiger partial charge in [-0.1, -0.05) is 110 Å². The molecule has 0 atom stereocenters. The van der Waals surface area contributed by atoms with Crippen LogP contribution >= 0.6 is 0 Å². The molecule has 6 nitrogen and oxygen atoms in total. The predicted molar refractivity (Wildman–Crippen MR) is 201 cm³/mol. The van der Waals surface area contributed by atoms with Crippen molar-refractivity contribution < 1.29 is 28.5 Å². The van der Waals surface area contributed by atoms with Crippen molar-refractivity contribution in [3.63, 3.8) is 0 Å². The van der Waals surface area contributed by atoms with Crippen LogP contribution in [0.4, 0.5) is 0 Å². The van der Waals surface area contributed by atoms with E-state index in [0.717, 1.165) is 46.2 Å². The summed E-state index contributed by atoms with van der Waals surface area (Å²) in [5.41, 5.74) is 9.26. The first-order chi connectivity index (χ1) is 24.7. The first-order valence-corrected chi connectivity index (χ1v) is 17.1. The van der Waals surface area contributed by atoms with E-state index in [9.17, 15) is 9.59 Å². The lowest BCUT2D eigenvalue weighted by Gasteiger charge is -2.32. The van der Waals surface area contributed by atoms with Crippen LogP contribution < -0.4 is 9.47 Å². The number of esters is 2. The minimum absolute atomic E-state index is 0.119. The fraction of sp³-hybridized carbons (Fsp3) is 0.200. The maximum Gasteiger partial charge on any atom is 0.333 e. The molecule has 0 N–H and O–H groups in total. The number of ether oxygens (including phenoxy) is 4. The molecule has 5 aromatic rings. The molecule has 0 spiro atoms. The van der Waals surface area contributed by atoms with Gasteiger partial charge in [0.15, 0.2) is 0 Å². The Morgan fingerprint density at radius 1 is 0.549 bits per heavy atom. The summed E-state index contributed by atoms with van der Waals surface area (Å²) in [5, 5.41) is 0. The Morgan fingerprint density at radius 3 is 1.33 bits per heavy atom. The maximum absolute atomic E-state index is 11.9. The van der Waals surface area contributed by atoms with Crippen molar-refractivity contribution in [1.82, 2.24) is 0 Å². The Bertz CT molecular complexity index is 1900. The third-order valence-electron chi connectivity index (χ3n) is 9.18. The van der Waals surface area contributed by atoms with Gasteiger partial charge >= 0.3 is 11.9 Å².